The van der Waals surface area contributed by atoms with E-state index in [1.165, 1.54) is 11.1 Å². The number of hydrogen-bond donors (Lipinski definition) is 3. The molecule has 2 aromatic carbocycles. The van der Waals surface area contributed by atoms with E-state index >= 15 is 0 Å². The van der Waals surface area contributed by atoms with Gasteiger partial charge in [-0.15, -0.1) is 0 Å². The molecular weight excluding hydrogens is 252 g/mol. The molecule has 1 heterocycles. The zero-order chi connectivity index (χ0) is 13.9. The molecule has 0 atom stereocenters. The normalized spacial score (nSPS) is 13.1. The van der Waals surface area contributed by atoms with E-state index in [1.807, 2.05) is 36.4 Å². The van der Waals surface area contributed by atoms with Crippen LogP contribution in [0, 0.1) is 0 Å². The second kappa shape index (κ2) is 5.45. The third-order valence-electron chi connectivity index (χ3n) is 3.47. The number of aliphatic hydroxyl groups excluding tert-OH is 1. The summed E-state index contributed by atoms with van der Waals surface area (Å²) in [5, 5.41) is 15.2. The molecule has 0 saturated carbocycles. The molecule has 102 valence electrons. The number of carbonyl (C=O) groups is 1. The van der Waals surface area contributed by atoms with Gasteiger partial charge >= 0.3 is 0 Å². The van der Waals surface area contributed by atoms with Crippen LogP contribution in [0.25, 0.3) is 0 Å². The smallest absolute Gasteiger partial charge is 0.255 e. The molecule has 3 N–H and O–H groups in total. The van der Waals surface area contributed by atoms with E-state index in [0.717, 1.165) is 18.7 Å². The standard InChI is InChI=1S/C16H16N2O2/c19-10-11-2-1-3-15(6-11)18-16(20)12-4-5-13-8-17-9-14(13)7-12/h1-7,17,19H,8-10H2,(H,18,20). The van der Waals surface area contributed by atoms with Gasteiger partial charge < -0.3 is 15.7 Å². The van der Waals surface area contributed by atoms with Crippen molar-refractivity contribution in [2.45, 2.75) is 19.7 Å². The van der Waals surface area contributed by atoms with Crippen molar-refractivity contribution < 1.29 is 9.90 Å². The highest BCUT2D eigenvalue weighted by molar-refractivity contribution is 6.04. The van der Waals surface area contributed by atoms with Crippen molar-refractivity contribution in [3.8, 4) is 0 Å². The van der Waals surface area contributed by atoms with Crippen molar-refractivity contribution in [1.82, 2.24) is 5.32 Å². The predicted molar refractivity (Wildman–Crippen MR) is 77.3 cm³/mol. The number of hydrogen-bond acceptors (Lipinski definition) is 3. The van der Waals surface area contributed by atoms with E-state index < -0.39 is 0 Å². The summed E-state index contributed by atoms with van der Waals surface area (Å²) in [7, 11) is 0. The number of anilines is 1. The van der Waals surface area contributed by atoms with Gasteiger partial charge in [0, 0.05) is 24.3 Å². The van der Waals surface area contributed by atoms with Crippen LogP contribution in [0.15, 0.2) is 42.5 Å². The molecule has 1 amide bonds. The van der Waals surface area contributed by atoms with Gasteiger partial charge in [-0.1, -0.05) is 18.2 Å². The van der Waals surface area contributed by atoms with Crippen molar-refractivity contribution in [2.75, 3.05) is 5.32 Å². The lowest BCUT2D eigenvalue weighted by Gasteiger charge is -2.08. The molecule has 20 heavy (non-hydrogen) atoms. The predicted octanol–water partition coefficient (Wildman–Crippen LogP) is 2.03. The molecule has 0 unspecified atom stereocenters. The Bertz CT molecular complexity index is 653. The largest absolute Gasteiger partial charge is 0.392 e. The highest BCUT2D eigenvalue weighted by Crippen LogP contribution is 2.18. The Kier molecular flexibility index (Phi) is 3.50. The Morgan fingerprint density at radius 2 is 2.00 bits per heavy atom. The average molecular weight is 268 g/mol. The van der Waals surface area contributed by atoms with Gasteiger partial charge in [0.2, 0.25) is 0 Å². The molecule has 0 aliphatic carbocycles. The summed E-state index contributed by atoms with van der Waals surface area (Å²) in [6.45, 7) is 1.65. The molecule has 1 aliphatic heterocycles. The highest BCUT2D eigenvalue weighted by atomic mass is 16.3. The Balaban J connectivity index is 1.79. The van der Waals surface area contributed by atoms with Crippen LogP contribution in [0.1, 0.15) is 27.0 Å². The third kappa shape index (κ3) is 2.57. The summed E-state index contributed by atoms with van der Waals surface area (Å²) in [5.74, 6) is -0.130. The van der Waals surface area contributed by atoms with Gasteiger partial charge in [-0.05, 0) is 41.0 Å². The zero-order valence-corrected chi connectivity index (χ0v) is 11.0. The molecule has 0 spiro atoms. The molecule has 0 radical (unpaired) electrons. The summed E-state index contributed by atoms with van der Waals surface area (Å²) in [6, 6.07) is 13.0. The SMILES string of the molecule is O=C(Nc1cccc(CO)c1)c1ccc2c(c1)CNC2. The van der Waals surface area contributed by atoms with Gasteiger partial charge in [0.05, 0.1) is 6.61 Å². The quantitative estimate of drug-likeness (QED) is 0.798. The van der Waals surface area contributed by atoms with Crippen molar-refractivity contribution in [3.05, 3.63) is 64.7 Å². The van der Waals surface area contributed by atoms with E-state index in [9.17, 15) is 4.79 Å². The van der Waals surface area contributed by atoms with Crippen molar-refractivity contribution in [1.29, 1.82) is 0 Å². The Hall–Kier alpha value is -2.17. The monoisotopic (exact) mass is 268 g/mol. The molecule has 3 rings (SSSR count). The number of fused-ring (bicyclic) bond motifs is 1. The number of aliphatic hydroxyl groups is 1. The van der Waals surface area contributed by atoms with Gasteiger partial charge in [-0.3, -0.25) is 4.79 Å². The minimum Gasteiger partial charge on any atom is -0.392 e. The summed E-state index contributed by atoms with van der Waals surface area (Å²) in [5.41, 5.74) is 4.56. The lowest BCUT2D eigenvalue weighted by atomic mass is 10.1. The highest BCUT2D eigenvalue weighted by Gasteiger charge is 2.13. The first-order chi connectivity index (χ1) is 9.76. The first-order valence-corrected chi connectivity index (χ1v) is 6.60. The van der Waals surface area contributed by atoms with Crippen molar-refractivity contribution in [2.24, 2.45) is 0 Å². The first-order valence-electron chi connectivity index (χ1n) is 6.60. The van der Waals surface area contributed by atoms with Gasteiger partial charge in [-0.25, -0.2) is 0 Å². The molecule has 4 nitrogen and oxygen atoms in total. The van der Waals surface area contributed by atoms with E-state index in [1.54, 1.807) is 6.07 Å². The number of nitrogens with one attached hydrogen (secondary N) is 2. The molecule has 4 heteroatoms. The maximum Gasteiger partial charge on any atom is 0.255 e. The number of rotatable bonds is 3. The second-order valence-corrected chi connectivity index (χ2v) is 4.90. The molecule has 1 aliphatic rings. The number of benzene rings is 2. The Morgan fingerprint density at radius 3 is 2.85 bits per heavy atom. The number of amides is 1. The summed E-state index contributed by atoms with van der Waals surface area (Å²) < 4.78 is 0. The summed E-state index contributed by atoms with van der Waals surface area (Å²) >= 11 is 0. The average Bonchev–Trinajstić information content (AvgIpc) is 2.94. The summed E-state index contributed by atoms with van der Waals surface area (Å²) in [6.07, 6.45) is 0. The van der Waals surface area contributed by atoms with Gasteiger partial charge in [-0.2, -0.15) is 0 Å². The van der Waals surface area contributed by atoms with Crippen LogP contribution in [0.2, 0.25) is 0 Å². The minimum atomic E-state index is -0.130. The number of carbonyl (C=O) groups excluding carboxylic acids is 1. The van der Waals surface area contributed by atoms with E-state index in [2.05, 4.69) is 10.6 Å². The van der Waals surface area contributed by atoms with Gasteiger partial charge in [0.1, 0.15) is 0 Å². The van der Waals surface area contributed by atoms with Crippen LogP contribution >= 0.6 is 0 Å². The van der Waals surface area contributed by atoms with Crippen LogP contribution in [0.3, 0.4) is 0 Å². The molecule has 0 saturated heterocycles. The molecular formula is C16H16N2O2. The van der Waals surface area contributed by atoms with Gasteiger partial charge in [0.15, 0.2) is 0 Å². The van der Waals surface area contributed by atoms with E-state index in [4.69, 9.17) is 5.11 Å². The maximum atomic E-state index is 12.2. The fourth-order valence-electron chi connectivity index (χ4n) is 2.39. The third-order valence-corrected chi connectivity index (χ3v) is 3.47. The van der Waals surface area contributed by atoms with E-state index in [-0.39, 0.29) is 12.5 Å². The molecule has 0 aromatic heterocycles. The van der Waals surface area contributed by atoms with Crippen molar-refractivity contribution >= 4 is 11.6 Å². The van der Waals surface area contributed by atoms with Crippen LogP contribution in [0.4, 0.5) is 5.69 Å². The topological polar surface area (TPSA) is 61.4 Å². The van der Waals surface area contributed by atoms with Crippen molar-refractivity contribution in [3.63, 3.8) is 0 Å². The first kappa shape index (κ1) is 12.8. The fraction of sp³-hybridized carbons (Fsp3) is 0.188. The second-order valence-electron chi connectivity index (χ2n) is 4.90. The Morgan fingerprint density at radius 1 is 1.15 bits per heavy atom. The molecule has 2 aromatic rings. The fourth-order valence-corrected chi connectivity index (χ4v) is 2.39. The van der Waals surface area contributed by atoms with Crippen LogP contribution in [-0.4, -0.2) is 11.0 Å². The van der Waals surface area contributed by atoms with E-state index in [0.29, 0.717) is 11.3 Å². The zero-order valence-electron chi connectivity index (χ0n) is 11.0. The molecule has 0 fully saturated rings. The van der Waals surface area contributed by atoms with Crippen LogP contribution in [-0.2, 0) is 19.7 Å². The Labute approximate surface area is 117 Å². The van der Waals surface area contributed by atoms with Gasteiger partial charge in [0.25, 0.3) is 5.91 Å². The molecule has 0 bridgehead atoms. The lowest BCUT2D eigenvalue weighted by Crippen LogP contribution is -2.12. The van der Waals surface area contributed by atoms with Crippen LogP contribution < -0.4 is 10.6 Å². The maximum absolute atomic E-state index is 12.2. The minimum absolute atomic E-state index is 0.0335. The van der Waals surface area contributed by atoms with Crippen LogP contribution in [0.5, 0.6) is 0 Å². The lowest BCUT2D eigenvalue weighted by molar-refractivity contribution is 0.102. The summed E-state index contributed by atoms with van der Waals surface area (Å²) in [4.78, 5) is 12.2.